The number of ether oxygens (including phenoxy) is 3. The highest BCUT2D eigenvalue weighted by atomic mass is 16.7. The number of benzene rings is 4. The second-order valence-electron chi connectivity index (χ2n) is 8.95. The van der Waals surface area contributed by atoms with E-state index in [9.17, 15) is 25.4 Å². The lowest BCUT2D eigenvalue weighted by molar-refractivity contribution is -0.384. The molecule has 0 aromatic heterocycles. The van der Waals surface area contributed by atoms with Crippen LogP contribution in [0.4, 0.5) is 5.69 Å². The minimum absolute atomic E-state index is 0.0504. The minimum atomic E-state index is -1.38. The van der Waals surface area contributed by atoms with E-state index in [2.05, 4.69) is 0 Å². The number of hydrogen-bond donors (Lipinski definition) is 3. The van der Waals surface area contributed by atoms with E-state index in [0.29, 0.717) is 33.8 Å². The average molecular weight is 499 g/mol. The van der Waals surface area contributed by atoms with Crippen molar-refractivity contribution < 1.29 is 34.5 Å². The molecule has 0 fully saturated rings. The fourth-order valence-corrected chi connectivity index (χ4v) is 4.81. The molecule has 2 aliphatic heterocycles. The lowest BCUT2D eigenvalue weighted by Gasteiger charge is -2.31. The first-order chi connectivity index (χ1) is 17.8. The Bertz CT molecular complexity index is 1510. The monoisotopic (exact) mass is 499 g/mol. The Balaban J connectivity index is 1.37. The molecular weight excluding hydrogens is 478 g/mol. The molecule has 0 amide bonds. The van der Waals surface area contributed by atoms with Crippen LogP contribution in [0.2, 0.25) is 0 Å². The molecule has 0 bridgehead atoms. The maximum absolute atomic E-state index is 11.2. The van der Waals surface area contributed by atoms with Gasteiger partial charge < -0.3 is 29.5 Å². The van der Waals surface area contributed by atoms with E-state index in [1.165, 1.54) is 24.3 Å². The van der Waals surface area contributed by atoms with E-state index >= 15 is 0 Å². The van der Waals surface area contributed by atoms with Crippen molar-refractivity contribution >= 4 is 5.69 Å². The zero-order chi connectivity index (χ0) is 25.7. The van der Waals surface area contributed by atoms with Crippen LogP contribution in [0, 0.1) is 10.1 Å². The largest absolute Gasteiger partial charge is 0.508 e. The second-order valence-corrected chi connectivity index (χ2v) is 8.95. The lowest BCUT2D eigenvalue weighted by Crippen LogP contribution is -2.36. The van der Waals surface area contributed by atoms with Crippen LogP contribution in [0.3, 0.4) is 0 Å². The number of aromatic hydroxyl groups is 2. The Morgan fingerprint density at radius 2 is 1.54 bits per heavy atom. The molecule has 0 saturated carbocycles. The van der Waals surface area contributed by atoms with Crippen LogP contribution < -0.4 is 14.2 Å². The van der Waals surface area contributed by atoms with E-state index in [-0.39, 0.29) is 29.4 Å². The summed E-state index contributed by atoms with van der Waals surface area (Å²) in [5, 5.41) is 42.0. The Hall–Kier alpha value is -4.76. The lowest BCUT2D eigenvalue weighted by atomic mass is 9.94. The molecule has 0 spiro atoms. The first-order valence-corrected chi connectivity index (χ1v) is 11.6. The minimum Gasteiger partial charge on any atom is -0.508 e. The van der Waals surface area contributed by atoms with Gasteiger partial charge in [-0.1, -0.05) is 36.4 Å². The van der Waals surface area contributed by atoms with Gasteiger partial charge >= 0.3 is 5.79 Å². The molecule has 3 N–H and O–H groups in total. The molecule has 0 radical (unpaired) electrons. The summed E-state index contributed by atoms with van der Waals surface area (Å²) >= 11 is 0. The van der Waals surface area contributed by atoms with Gasteiger partial charge in [0.1, 0.15) is 23.4 Å². The number of nitro groups is 1. The van der Waals surface area contributed by atoms with Crippen LogP contribution in [-0.2, 0) is 12.2 Å². The third-order valence-electron chi connectivity index (χ3n) is 6.60. The van der Waals surface area contributed by atoms with Gasteiger partial charge in [0, 0.05) is 47.4 Å². The molecule has 0 aliphatic carbocycles. The molecule has 9 heteroatoms. The van der Waals surface area contributed by atoms with E-state index in [4.69, 9.17) is 14.2 Å². The first kappa shape index (κ1) is 22.7. The summed E-state index contributed by atoms with van der Waals surface area (Å²) < 4.78 is 18.8. The van der Waals surface area contributed by atoms with Gasteiger partial charge in [-0.15, -0.1) is 0 Å². The number of rotatable bonds is 4. The molecule has 186 valence electrons. The Labute approximate surface area is 210 Å². The zero-order valence-electron chi connectivity index (χ0n) is 19.3. The standard InChI is InChI=1S/C28H21NO8/c30-20-13-22(31)21-15-23(32)27(35-25(21)14-20)16-6-11-24-26(12-16)37-28(36-24,17-4-2-1-3-5-17)18-7-9-19(10-8-18)29(33)34/h1-14,23,27,30-32H,15H2. The van der Waals surface area contributed by atoms with E-state index < -0.39 is 22.9 Å². The predicted molar refractivity (Wildman–Crippen MR) is 131 cm³/mol. The highest BCUT2D eigenvalue weighted by Crippen LogP contribution is 2.50. The number of phenolic OH excluding ortho intramolecular Hbond substituents is 2. The number of non-ortho nitro benzene ring substituents is 1. The Morgan fingerprint density at radius 3 is 2.27 bits per heavy atom. The third kappa shape index (κ3) is 3.76. The van der Waals surface area contributed by atoms with Gasteiger partial charge in [0.2, 0.25) is 0 Å². The topological polar surface area (TPSA) is 132 Å². The van der Waals surface area contributed by atoms with Crippen LogP contribution in [0.15, 0.2) is 84.9 Å². The number of nitrogens with zero attached hydrogens (tertiary/aromatic N) is 1. The van der Waals surface area contributed by atoms with Gasteiger partial charge in [-0.05, 0) is 29.8 Å². The molecule has 37 heavy (non-hydrogen) atoms. The molecule has 9 nitrogen and oxygen atoms in total. The number of phenols is 2. The fraction of sp³-hybridized carbons (Fsp3) is 0.143. The summed E-state index contributed by atoms with van der Waals surface area (Å²) in [7, 11) is 0. The molecule has 4 aromatic rings. The Morgan fingerprint density at radius 1 is 0.838 bits per heavy atom. The summed E-state index contributed by atoms with van der Waals surface area (Å²) in [6.45, 7) is 0. The quantitative estimate of drug-likeness (QED) is 0.272. The predicted octanol–water partition coefficient (Wildman–Crippen LogP) is 4.72. The number of aliphatic hydroxyl groups excluding tert-OH is 1. The zero-order valence-corrected chi connectivity index (χ0v) is 19.3. The Kier molecular flexibility index (Phi) is 5.16. The molecular formula is C28H21NO8. The smallest absolute Gasteiger partial charge is 0.305 e. The van der Waals surface area contributed by atoms with Gasteiger partial charge in [0.15, 0.2) is 11.5 Å². The first-order valence-electron chi connectivity index (χ1n) is 11.6. The maximum Gasteiger partial charge on any atom is 0.305 e. The van der Waals surface area contributed by atoms with Crippen molar-refractivity contribution in [3.63, 3.8) is 0 Å². The molecule has 6 rings (SSSR count). The summed E-state index contributed by atoms with van der Waals surface area (Å²) in [4.78, 5) is 10.7. The van der Waals surface area contributed by atoms with Crippen LogP contribution >= 0.6 is 0 Å². The van der Waals surface area contributed by atoms with Crippen molar-refractivity contribution in [3.05, 3.63) is 117 Å². The normalized spacial score (nSPS) is 21.6. The fourth-order valence-electron chi connectivity index (χ4n) is 4.81. The molecule has 3 atom stereocenters. The van der Waals surface area contributed by atoms with Gasteiger partial charge in [-0.25, -0.2) is 0 Å². The van der Waals surface area contributed by atoms with Crippen molar-refractivity contribution in [2.75, 3.05) is 0 Å². The molecule has 2 heterocycles. The van der Waals surface area contributed by atoms with Crippen molar-refractivity contribution in [1.29, 1.82) is 0 Å². The third-order valence-corrected chi connectivity index (χ3v) is 6.60. The number of fused-ring (bicyclic) bond motifs is 2. The van der Waals surface area contributed by atoms with Crippen LogP contribution in [0.25, 0.3) is 0 Å². The second kappa shape index (κ2) is 8.42. The van der Waals surface area contributed by atoms with Crippen LogP contribution in [0.5, 0.6) is 28.7 Å². The van der Waals surface area contributed by atoms with Gasteiger partial charge in [0.25, 0.3) is 5.69 Å². The number of nitro benzene ring substituents is 1. The highest BCUT2D eigenvalue weighted by molar-refractivity contribution is 5.54. The molecule has 4 aromatic carbocycles. The summed E-state index contributed by atoms with van der Waals surface area (Å²) in [6, 6.07) is 23.0. The highest BCUT2D eigenvalue weighted by Gasteiger charge is 2.46. The molecule has 3 unspecified atom stereocenters. The van der Waals surface area contributed by atoms with Crippen molar-refractivity contribution in [2.24, 2.45) is 0 Å². The van der Waals surface area contributed by atoms with Crippen LogP contribution in [-0.4, -0.2) is 26.3 Å². The van der Waals surface area contributed by atoms with Gasteiger partial charge in [-0.2, -0.15) is 0 Å². The number of aliphatic hydroxyl groups is 1. The van der Waals surface area contributed by atoms with E-state index in [0.717, 1.165) is 0 Å². The summed E-state index contributed by atoms with van der Waals surface area (Å²) in [6.07, 6.45) is -1.61. The molecule has 2 aliphatic rings. The number of hydrogen-bond acceptors (Lipinski definition) is 8. The maximum atomic E-state index is 11.2. The van der Waals surface area contributed by atoms with E-state index in [1.54, 1.807) is 30.3 Å². The van der Waals surface area contributed by atoms with Crippen molar-refractivity contribution in [2.45, 2.75) is 24.4 Å². The van der Waals surface area contributed by atoms with Gasteiger partial charge in [0.05, 0.1) is 11.0 Å². The van der Waals surface area contributed by atoms with Gasteiger partial charge in [-0.3, -0.25) is 10.1 Å². The van der Waals surface area contributed by atoms with Crippen LogP contribution in [0.1, 0.15) is 28.4 Å². The van der Waals surface area contributed by atoms with E-state index in [1.807, 2.05) is 30.3 Å². The average Bonchev–Trinajstić information content (AvgIpc) is 3.29. The van der Waals surface area contributed by atoms with Crippen molar-refractivity contribution in [1.82, 2.24) is 0 Å². The molecule has 0 saturated heterocycles. The SMILES string of the molecule is O=[N+]([O-])c1ccc(C2(c3ccccc3)Oc3ccc(C4Oc5cc(O)cc(O)c5CC4O)cc3O2)cc1. The summed E-state index contributed by atoms with van der Waals surface area (Å²) in [5.41, 5.74) is 2.23. The summed E-state index contributed by atoms with van der Waals surface area (Å²) in [5.74, 6) is -0.531. The van der Waals surface area contributed by atoms with Crippen molar-refractivity contribution in [3.8, 4) is 28.7 Å².